The van der Waals surface area contributed by atoms with Gasteiger partial charge in [-0.3, -0.25) is 4.79 Å². The largest absolute Gasteiger partial charge is 0.433 e. The minimum Gasteiger partial charge on any atom is -0.334 e. The lowest BCUT2D eigenvalue weighted by Gasteiger charge is -2.25. The van der Waals surface area contributed by atoms with Crippen LogP contribution in [-0.2, 0) is 27.2 Å². The molecule has 4 rings (SSSR count). The number of alkyl halides is 3. The highest BCUT2D eigenvalue weighted by Crippen LogP contribution is 2.36. The number of rotatable bonds is 3. The summed E-state index contributed by atoms with van der Waals surface area (Å²) in [7, 11) is -3.20. The summed E-state index contributed by atoms with van der Waals surface area (Å²) in [5, 5.41) is 4.15. The number of aromatic nitrogens is 3. The van der Waals surface area contributed by atoms with Gasteiger partial charge in [-0.15, -0.1) is 0 Å². The van der Waals surface area contributed by atoms with Crippen molar-refractivity contribution in [1.82, 2.24) is 19.5 Å². The lowest BCUT2D eigenvalue weighted by Crippen LogP contribution is -2.36. The van der Waals surface area contributed by atoms with Crippen LogP contribution in [0, 0.1) is 5.92 Å². The molecule has 7 nitrogen and oxygen atoms in total. The molecule has 0 radical (unpaired) electrons. The molecular weight excluding hydrogens is 409 g/mol. The molecule has 0 aromatic carbocycles. The number of carbonyl (C=O) groups excluding carboxylic acids is 1. The van der Waals surface area contributed by atoms with E-state index in [4.69, 9.17) is 0 Å². The number of halogens is 3. The third-order valence-corrected chi connectivity index (χ3v) is 7.38. The Kier molecular flexibility index (Phi) is 4.83. The van der Waals surface area contributed by atoms with E-state index in [1.54, 1.807) is 11.8 Å². The van der Waals surface area contributed by atoms with Gasteiger partial charge >= 0.3 is 6.18 Å². The van der Waals surface area contributed by atoms with E-state index in [0.717, 1.165) is 10.6 Å². The SMILES string of the molecule is CCc1cc(C(F)(F)F)n2nc([C@H]3CCCN3C(=O)[C@H]3CCS(=O)(=O)C3)cc2n1. The van der Waals surface area contributed by atoms with Crippen LogP contribution < -0.4 is 0 Å². The van der Waals surface area contributed by atoms with Crippen LogP contribution in [0.4, 0.5) is 13.2 Å². The monoisotopic (exact) mass is 430 g/mol. The predicted octanol–water partition coefficient (Wildman–Crippen LogP) is 2.41. The first-order chi connectivity index (χ1) is 13.6. The van der Waals surface area contributed by atoms with Gasteiger partial charge in [-0.1, -0.05) is 6.92 Å². The molecule has 0 spiro atoms. The fourth-order valence-corrected chi connectivity index (χ4v) is 5.88. The van der Waals surface area contributed by atoms with Gasteiger partial charge in [-0.2, -0.15) is 18.3 Å². The molecule has 0 aliphatic carbocycles. The van der Waals surface area contributed by atoms with Crippen LogP contribution in [0.25, 0.3) is 5.65 Å². The van der Waals surface area contributed by atoms with Gasteiger partial charge in [0.25, 0.3) is 0 Å². The Balaban J connectivity index is 1.69. The van der Waals surface area contributed by atoms with Gasteiger partial charge in [-0.25, -0.2) is 17.9 Å². The maximum absolute atomic E-state index is 13.5. The second kappa shape index (κ2) is 6.96. The number of aryl methyl sites for hydroxylation is 1. The van der Waals surface area contributed by atoms with Crippen molar-refractivity contribution >= 4 is 21.4 Å². The quantitative estimate of drug-likeness (QED) is 0.747. The number of sulfone groups is 1. The summed E-state index contributed by atoms with van der Waals surface area (Å²) in [4.78, 5) is 18.7. The molecular formula is C18H21F3N4O3S. The van der Waals surface area contributed by atoms with Crippen LogP contribution in [0.3, 0.4) is 0 Å². The molecule has 0 bridgehead atoms. The second-order valence-electron chi connectivity index (χ2n) is 7.61. The molecule has 2 fully saturated rings. The van der Waals surface area contributed by atoms with Crippen LogP contribution in [0.2, 0.25) is 0 Å². The highest BCUT2D eigenvalue weighted by Gasteiger charge is 2.41. The number of hydrogen-bond donors (Lipinski definition) is 0. The third-order valence-electron chi connectivity index (χ3n) is 5.61. The van der Waals surface area contributed by atoms with Crippen molar-refractivity contribution in [2.24, 2.45) is 5.92 Å². The van der Waals surface area contributed by atoms with E-state index in [2.05, 4.69) is 10.1 Å². The number of hydrogen-bond acceptors (Lipinski definition) is 5. The molecule has 11 heteroatoms. The van der Waals surface area contributed by atoms with Gasteiger partial charge in [0.2, 0.25) is 5.91 Å². The third kappa shape index (κ3) is 3.72. The van der Waals surface area contributed by atoms with Crippen molar-refractivity contribution in [1.29, 1.82) is 0 Å². The second-order valence-corrected chi connectivity index (χ2v) is 9.84. The Hall–Kier alpha value is -2.17. The molecule has 2 aliphatic rings. The Morgan fingerprint density at radius 3 is 2.66 bits per heavy atom. The van der Waals surface area contributed by atoms with E-state index in [9.17, 15) is 26.4 Å². The number of fused-ring (bicyclic) bond motifs is 1. The Morgan fingerprint density at radius 2 is 2.03 bits per heavy atom. The van der Waals surface area contributed by atoms with Crippen LogP contribution in [0.1, 0.15) is 49.3 Å². The Labute approximate surface area is 165 Å². The van der Waals surface area contributed by atoms with E-state index in [0.29, 0.717) is 37.2 Å². The topological polar surface area (TPSA) is 84.6 Å². The van der Waals surface area contributed by atoms with Crippen molar-refractivity contribution in [3.8, 4) is 0 Å². The fraction of sp³-hybridized carbons (Fsp3) is 0.611. The molecule has 0 saturated carbocycles. The average molecular weight is 430 g/mol. The van der Waals surface area contributed by atoms with Crippen molar-refractivity contribution in [2.45, 2.75) is 44.8 Å². The van der Waals surface area contributed by atoms with Gasteiger partial charge in [-0.05, 0) is 31.7 Å². The van der Waals surface area contributed by atoms with Gasteiger partial charge in [0.15, 0.2) is 15.5 Å². The molecule has 0 unspecified atom stereocenters. The highest BCUT2D eigenvalue weighted by molar-refractivity contribution is 7.91. The van der Waals surface area contributed by atoms with Crippen molar-refractivity contribution in [3.05, 3.63) is 29.2 Å². The van der Waals surface area contributed by atoms with Gasteiger partial charge in [0.1, 0.15) is 5.69 Å². The van der Waals surface area contributed by atoms with Crippen LogP contribution in [0.15, 0.2) is 12.1 Å². The summed E-state index contributed by atoms with van der Waals surface area (Å²) < 4.78 is 64.7. The lowest BCUT2D eigenvalue weighted by molar-refractivity contribution is -0.143. The van der Waals surface area contributed by atoms with Crippen LogP contribution in [0.5, 0.6) is 0 Å². The number of likely N-dealkylation sites (tertiary alicyclic amines) is 1. The minimum absolute atomic E-state index is 0.00502. The van der Waals surface area contributed by atoms with E-state index < -0.39 is 33.7 Å². The molecule has 0 N–H and O–H groups in total. The average Bonchev–Trinajstić information content (AvgIpc) is 3.35. The van der Waals surface area contributed by atoms with E-state index in [1.165, 1.54) is 6.07 Å². The van der Waals surface area contributed by atoms with Gasteiger partial charge < -0.3 is 4.90 Å². The smallest absolute Gasteiger partial charge is 0.334 e. The standard InChI is InChI=1S/C18H21F3N4O3S/c1-2-12-8-15(18(19,20)21)25-16(22-12)9-13(23-25)14-4-3-6-24(14)17(26)11-5-7-29(27,28)10-11/h8-9,11,14H,2-7,10H2,1H3/t11-,14+/m0/s1. The van der Waals surface area contributed by atoms with Gasteiger partial charge in [0, 0.05) is 18.3 Å². The highest BCUT2D eigenvalue weighted by atomic mass is 32.2. The molecule has 2 atom stereocenters. The normalized spacial score (nSPS) is 24.5. The number of carbonyl (C=O) groups is 1. The maximum atomic E-state index is 13.5. The first-order valence-electron chi connectivity index (χ1n) is 9.57. The lowest BCUT2D eigenvalue weighted by atomic mass is 10.1. The van der Waals surface area contributed by atoms with E-state index in [1.807, 2.05) is 0 Å². The zero-order valence-corrected chi connectivity index (χ0v) is 16.6. The summed E-state index contributed by atoms with van der Waals surface area (Å²) in [5.74, 6) is -1.02. The van der Waals surface area contributed by atoms with Crippen molar-refractivity contribution in [3.63, 3.8) is 0 Å². The Bertz CT molecular complexity index is 1060. The Morgan fingerprint density at radius 1 is 1.28 bits per heavy atom. The van der Waals surface area contributed by atoms with E-state index in [-0.39, 0.29) is 29.5 Å². The number of amides is 1. The molecule has 2 aromatic rings. The zero-order chi connectivity index (χ0) is 21.0. The maximum Gasteiger partial charge on any atom is 0.433 e. The van der Waals surface area contributed by atoms with Crippen LogP contribution in [-0.4, -0.2) is 51.9 Å². The molecule has 1 amide bonds. The first-order valence-corrected chi connectivity index (χ1v) is 11.4. The van der Waals surface area contributed by atoms with Crippen LogP contribution >= 0.6 is 0 Å². The molecule has 158 valence electrons. The molecule has 2 aliphatic heterocycles. The first kappa shape index (κ1) is 20.1. The predicted molar refractivity (Wildman–Crippen MR) is 97.8 cm³/mol. The summed E-state index contributed by atoms with van der Waals surface area (Å²) in [6.07, 6.45) is -2.70. The molecule has 29 heavy (non-hydrogen) atoms. The minimum atomic E-state index is -4.59. The molecule has 2 saturated heterocycles. The summed E-state index contributed by atoms with van der Waals surface area (Å²) >= 11 is 0. The summed E-state index contributed by atoms with van der Waals surface area (Å²) in [5.41, 5.74) is -0.146. The molecule has 2 aromatic heterocycles. The van der Waals surface area contributed by atoms with Crippen molar-refractivity contribution < 1.29 is 26.4 Å². The molecule has 4 heterocycles. The van der Waals surface area contributed by atoms with Gasteiger partial charge in [0.05, 0.1) is 29.2 Å². The number of nitrogens with zero attached hydrogens (tertiary/aromatic N) is 4. The fourth-order valence-electron chi connectivity index (χ4n) is 4.15. The summed E-state index contributed by atoms with van der Waals surface area (Å²) in [6, 6.07) is 2.01. The summed E-state index contributed by atoms with van der Waals surface area (Å²) in [6.45, 7) is 2.16. The van der Waals surface area contributed by atoms with E-state index >= 15 is 0 Å². The zero-order valence-electron chi connectivity index (χ0n) is 15.8. The van der Waals surface area contributed by atoms with Crippen molar-refractivity contribution in [2.75, 3.05) is 18.1 Å².